The highest BCUT2D eigenvalue weighted by atomic mass is 14.4. The first-order valence-corrected chi connectivity index (χ1v) is 8.30. The van der Waals surface area contributed by atoms with Crippen molar-refractivity contribution in [3.05, 3.63) is 35.4 Å². The van der Waals surface area contributed by atoms with E-state index in [1.165, 1.54) is 50.5 Å². The van der Waals surface area contributed by atoms with Gasteiger partial charge in [-0.25, -0.2) is 0 Å². The predicted octanol–water partition coefficient (Wildman–Crippen LogP) is 5.27. The second-order valence-corrected chi connectivity index (χ2v) is 6.85. The third kappa shape index (κ3) is 2.75. The molecule has 0 saturated heterocycles. The van der Waals surface area contributed by atoms with Crippen molar-refractivity contribution in [3.8, 4) is 6.07 Å². The molecular formula is C19H25N. The van der Waals surface area contributed by atoms with Crippen molar-refractivity contribution in [2.75, 3.05) is 0 Å². The zero-order valence-electron chi connectivity index (χ0n) is 12.5. The van der Waals surface area contributed by atoms with Gasteiger partial charge in [-0.15, -0.1) is 0 Å². The topological polar surface area (TPSA) is 23.8 Å². The minimum Gasteiger partial charge on any atom is -0.192 e. The Balaban J connectivity index is 1.65. The Morgan fingerprint density at radius 3 is 2.40 bits per heavy atom. The van der Waals surface area contributed by atoms with Gasteiger partial charge in [0.15, 0.2) is 0 Å². The van der Waals surface area contributed by atoms with Gasteiger partial charge in [-0.2, -0.15) is 5.26 Å². The van der Waals surface area contributed by atoms with Gasteiger partial charge < -0.3 is 0 Å². The fraction of sp³-hybridized carbons (Fsp3) is 0.632. The van der Waals surface area contributed by atoms with Crippen LogP contribution in [-0.2, 0) is 0 Å². The summed E-state index contributed by atoms with van der Waals surface area (Å²) in [6, 6.07) is 10.5. The van der Waals surface area contributed by atoms with E-state index in [9.17, 15) is 0 Å². The molecule has 2 aliphatic rings. The molecular weight excluding hydrogens is 242 g/mol. The molecule has 2 aliphatic carbocycles. The van der Waals surface area contributed by atoms with Crippen LogP contribution in [-0.4, -0.2) is 0 Å². The maximum absolute atomic E-state index is 8.89. The van der Waals surface area contributed by atoms with Crippen molar-refractivity contribution < 1.29 is 0 Å². The highest BCUT2D eigenvalue weighted by molar-refractivity contribution is 5.33. The maximum atomic E-state index is 8.89. The minimum absolute atomic E-state index is 0.738. The van der Waals surface area contributed by atoms with Gasteiger partial charge in [-0.3, -0.25) is 0 Å². The van der Waals surface area contributed by atoms with Crippen LogP contribution in [0.15, 0.2) is 24.3 Å². The minimum atomic E-state index is 0.738. The summed E-state index contributed by atoms with van der Waals surface area (Å²) in [5.41, 5.74) is 2.24. The molecule has 106 valence electrons. The van der Waals surface area contributed by atoms with Crippen LogP contribution >= 0.6 is 0 Å². The summed E-state index contributed by atoms with van der Waals surface area (Å²) >= 11 is 0. The van der Waals surface area contributed by atoms with Crippen LogP contribution in [0.25, 0.3) is 0 Å². The Hall–Kier alpha value is -1.29. The molecule has 4 atom stereocenters. The average Bonchev–Trinajstić information content (AvgIpc) is 2.54. The number of rotatable bonds is 2. The molecule has 2 saturated carbocycles. The molecule has 0 amide bonds. The van der Waals surface area contributed by atoms with E-state index in [2.05, 4.69) is 25.1 Å². The standard InChI is InChI=1S/C19H25N/c1-2-14-3-8-19-12-18(10-9-17(19)11-14)16-6-4-15(13-20)5-7-16/h4-7,14,17-19H,2-3,8-12H2,1H3. The van der Waals surface area contributed by atoms with E-state index in [-0.39, 0.29) is 0 Å². The van der Waals surface area contributed by atoms with E-state index < -0.39 is 0 Å². The average molecular weight is 267 g/mol. The lowest BCUT2D eigenvalue weighted by Crippen LogP contribution is -2.30. The molecule has 0 heterocycles. The zero-order valence-corrected chi connectivity index (χ0v) is 12.5. The number of nitrogens with zero attached hydrogens (tertiary/aromatic N) is 1. The van der Waals surface area contributed by atoms with Gasteiger partial charge in [0.25, 0.3) is 0 Å². The molecule has 1 aromatic rings. The largest absolute Gasteiger partial charge is 0.192 e. The lowest BCUT2D eigenvalue weighted by atomic mass is 9.63. The number of fused-ring (bicyclic) bond motifs is 1. The molecule has 0 radical (unpaired) electrons. The second kappa shape index (κ2) is 6.00. The van der Waals surface area contributed by atoms with Gasteiger partial charge in [0.05, 0.1) is 11.6 Å². The summed E-state index contributed by atoms with van der Waals surface area (Å²) in [5, 5.41) is 8.89. The van der Waals surface area contributed by atoms with E-state index in [0.29, 0.717) is 0 Å². The molecule has 0 bridgehead atoms. The van der Waals surface area contributed by atoms with Gasteiger partial charge >= 0.3 is 0 Å². The molecule has 1 nitrogen and oxygen atoms in total. The molecule has 3 rings (SSSR count). The van der Waals surface area contributed by atoms with Gasteiger partial charge in [0.1, 0.15) is 0 Å². The highest BCUT2D eigenvalue weighted by Crippen LogP contribution is 2.48. The van der Waals surface area contributed by atoms with Gasteiger partial charge in [-0.1, -0.05) is 31.9 Å². The normalized spacial score (nSPS) is 33.2. The van der Waals surface area contributed by atoms with E-state index >= 15 is 0 Å². The molecule has 2 fully saturated rings. The van der Waals surface area contributed by atoms with E-state index in [0.717, 1.165) is 29.2 Å². The van der Waals surface area contributed by atoms with Gasteiger partial charge in [-0.05, 0) is 73.5 Å². The van der Waals surface area contributed by atoms with Crippen molar-refractivity contribution in [1.29, 1.82) is 5.26 Å². The second-order valence-electron chi connectivity index (χ2n) is 6.85. The Morgan fingerprint density at radius 1 is 1.00 bits per heavy atom. The van der Waals surface area contributed by atoms with Crippen LogP contribution < -0.4 is 0 Å². The fourth-order valence-corrected chi connectivity index (χ4v) is 4.49. The lowest BCUT2D eigenvalue weighted by molar-refractivity contribution is 0.116. The third-order valence-electron chi connectivity index (χ3n) is 5.81. The monoisotopic (exact) mass is 267 g/mol. The smallest absolute Gasteiger partial charge is 0.0991 e. The Kier molecular flexibility index (Phi) is 4.10. The molecule has 0 spiro atoms. The zero-order chi connectivity index (χ0) is 13.9. The Labute approximate surface area is 123 Å². The first kappa shape index (κ1) is 13.7. The Morgan fingerprint density at radius 2 is 1.70 bits per heavy atom. The number of hydrogen-bond acceptors (Lipinski definition) is 1. The maximum Gasteiger partial charge on any atom is 0.0991 e. The fourth-order valence-electron chi connectivity index (χ4n) is 4.49. The van der Waals surface area contributed by atoms with Gasteiger partial charge in [0.2, 0.25) is 0 Å². The summed E-state index contributed by atoms with van der Waals surface area (Å²) in [4.78, 5) is 0. The molecule has 20 heavy (non-hydrogen) atoms. The number of nitriles is 1. The Bertz CT molecular complexity index is 481. The predicted molar refractivity (Wildman–Crippen MR) is 82.4 cm³/mol. The summed E-state index contributed by atoms with van der Waals surface area (Å²) in [7, 11) is 0. The summed E-state index contributed by atoms with van der Waals surface area (Å²) in [6.45, 7) is 2.35. The van der Waals surface area contributed by atoms with Crippen molar-refractivity contribution in [3.63, 3.8) is 0 Å². The molecule has 1 heteroatoms. The van der Waals surface area contributed by atoms with Crippen molar-refractivity contribution in [2.24, 2.45) is 17.8 Å². The molecule has 0 aromatic heterocycles. The summed E-state index contributed by atoms with van der Waals surface area (Å²) in [6.07, 6.45) is 9.93. The van der Waals surface area contributed by atoms with Crippen molar-refractivity contribution in [2.45, 2.75) is 57.8 Å². The van der Waals surface area contributed by atoms with Gasteiger partial charge in [0, 0.05) is 0 Å². The summed E-state index contributed by atoms with van der Waals surface area (Å²) < 4.78 is 0. The highest BCUT2D eigenvalue weighted by Gasteiger charge is 2.35. The first-order valence-electron chi connectivity index (χ1n) is 8.30. The molecule has 1 aromatic carbocycles. The van der Waals surface area contributed by atoms with Crippen molar-refractivity contribution >= 4 is 0 Å². The number of hydrogen-bond donors (Lipinski definition) is 0. The van der Waals surface area contributed by atoms with E-state index in [4.69, 9.17) is 5.26 Å². The molecule has 0 N–H and O–H groups in total. The van der Waals surface area contributed by atoms with E-state index in [1.54, 1.807) is 0 Å². The van der Waals surface area contributed by atoms with Crippen LogP contribution in [0.2, 0.25) is 0 Å². The van der Waals surface area contributed by atoms with E-state index in [1.807, 2.05) is 12.1 Å². The van der Waals surface area contributed by atoms with Crippen LogP contribution in [0, 0.1) is 29.1 Å². The lowest BCUT2D eigenvalue weighted by Gasteiger charge is -2.42. The van der Waals surface area contributed by atoms with Crippen LogP contribution in [0.1, 0.15) is 68.9 Å². The SMILES string of the molecule is CCC1CCC2CC(c3ccc(C#N)cc3)CCC2C1. The quantitative estimate of drug-likeness (QED) is 0.716. The van der Waals surface area contributed by atoms with Crippen molar-refractivity contribution in [1.82, 2.24) is 0 Å². The summed E-state index contributed by atoms with van der Waals surface area (Å²) in [5.74, 6) is 3.71. The van der Waals surface area contributed by atoms with Crippen LogP contribution in [0.3, 0.4) is 0 Å². The van der Waals surface area contributed by atoms with Crippen LogP contribution in [0.4, 0.5) is 0 Å². The van der Waals surface area contributed by atoms with Crippen LogP contribution in [0.5, 0.6) is 0 Å². The number of benzene rings is 1. The third-order valence-corrected chi connectivity index (χ3v) is 5.81. The molecule has 0 aliphatic heterocycles. The first-order chi connectivity index (χ1) is 9.80. The molecule has 4 unspecified atom stereocenters.